The summed E-state index contributed by atoms with van der Waals surface area (Å²) in [5.41, 5.74) is 1.48. The summed E-state index contributed by atoms with van der Waals surface area (Å²) in [4.78, 5) is 2.67. The molecule has 1 N–H and O–H groups in total. The molecule has 1 aromatic carbocycles. The second kappa shape index (κ2) is 6.91. The normalized spacial score (nSPS) is 19.9. The third-order valence-corrected chi connectivity index (χ3v) is 4.15. The molecule has 100 valence electrons. The SMILES string of the molecule is CCC(c1ccccc1)N1CCC(CNC)CC1. The highest BCUT2D eigenvalue weighted by molar-refractivity contribution is 5.19. The third kappa shape index (κ3) is 3.33. The second-order valence-corrected chi connectivity index (χ2v) is 5.37. The number of hydrogen-bond acceptors (Lipinski definition) is 2. The van der Waals surface area contributed by atoms with Crippen LogP contribution in [0.15, 0.2) is 30.3 Å². The van der Waals surface area contributed by atoms with Crippen molar-refractivity contribution >= 4 is 0 Å². The van der Waals surface area contributed by atoms with Crippen LogP contribution in [0.5, 0.6) is 0 Å². The lowest BCUT2D eigenvalue weighted by Gasteiger charge is -2.37. The average Bonchev–Trinajstić information content (AvgIpc) is 2.43. The minimum absolute atomic E-state index is 0.613. The van der Waals surface area contributed by atoms with Gasteiger partial charge in [-0.15, -0.1) is 0 Å². The van der Waals surface area contributed by atoms with Crippen molar-refractivity contribution in [2.45, 2.75) is 32.2 Å². The third-order valence-electron chi connectivity index (χ3n) is 4.15. The number of hydrogen-bond donors (Lipinski definition) is 1. The van der Waals surface area contributed by atoms with E-state index >= 15 is 0 Å². The molecule has 0 saturated carbocycles. The summed E-state index contributed by atoms with van der Waals surface area (Å²) in [6.45, 7) is 5.98. The van der Waals surface area contributed by atoms with Crippen molar-refractivity contribution in [2.24, 2.45) is 5.92 Å². The Balaban J connectivity index is 1.95. The molecule has 0 bridgehead atoms. The maximum absolute atomic E-state index is 3.31. The lowest BCUT2D eigenvalue weighted by Crippen LogP contribution is -2.38. The van der Waals surface area contributed by atoms with Crippen LogP contribution in [-0.2, 0) is 0 Å². The molecule has 2 heteroatoms. The van der Waals surface area contributed by atoms with Crippen LogP contribution in [0, 0.1) is 5.92 Å². The topological polar surface area (TPSA) is 15.3 Å². The Labute approximate surface area is 111 Å². The molecule has 1 aliphatic rings. The molecule has 1 aliphatic heterocycles. The predicted molar refractivity (Wildman–Crippen MR) is 77.7 cm³/mol. The standard InChI is InChI=1S/C16H26N2/c1-3-16(15-7-5-4-6-8-15)18-11-9-14(10-12-18)13-17-2/h4-8,14,16-17H,3,9-13H2,1-2H3. The van der Waals surface area contributed by atoms with Gasteiger partial charge >= 0.3 is 0 Å². The van der Waals surface area contributed by atoms with Gasteiger partial charge in [-0.2, -0.15) is 0 Å². The Morgan fingerprint density at radius 2 is 1.89 bits per heavy atom. The van der Waals surface area contributed by atoms with Crippen molar-refractivity contribution < 1.29 is 0 Å². The van der Waals surface area contributed by atoms with Gasteiger partial charge in [-0.3, -0.25) is 4.90 Å². The van der Waals surface area contributed by atoms with Crippen LogP contribution < -0.4 is 5.32 Å². The average molecular weight is 246 g/mol. The van der Waals surface area contributed by atoms with Crippen LogP contribution in [0.1, 0.15) is 37.8 Å². The summed E-state index contributed by atoms with van der Waals surface area (Å²) in [6, 6.07) is 11.6. The largest absolute Gasteiger partial charge is 0.319 e. The fourth-order valence-corrected chi connectivity index (χ4v) is 3.14. The summed E-state index contributed by atoms with van der Waals surface area (Å²) >= 11 is 0. The van der Waals surface area contributed by atoms with E-state index in [2.05, 4.69) is 54.5 Å². The van der Waals surface area contributed by atoms with E-state index < -0.39 is 0 Å². The van der Waals surface area contributed by atoms with E-state index in [1.54, 1.807) is 0 Å². The molecule has 1 atom stereocenters. The molecule has 0 spiro atoms. The summed E-state index contributed by atoms with van der Waals surface area (Å²) in [7, 11) is 2.06. The zero-order valence-corrected chi connectivity index (χ0v) is 11.7. The van der Waals surface area contributed by atoms with Crippen molar-refractivity contribution in [2.75, 3.05) is 26.7 Å². The van der Waals surface area contributed by atoms with E-state index in [1.807, 2.05) is 0 Å². The predicted octanol–water partition coefficient (Wildman–Crippen LogP) is 3.07. The highest BCUT2D eigenvalue weighted by Gasteiger charge is 2.24. The minimum atomic E-state index is 0.613. The van der Waals surface area contributed by atoms with Crippen LogP contribution in [-0.4, -0.2) is 31.6 Å². The molecule has 2 rings (SSSR count). The summed E-state index contributed by atoms with van der Waals surface area (Å²) in [5.74, 6) is 0.875. The van der Waals surface area contributed by atoms with E-state index in [0.717, 1.165) is 5.92 Å². The van der Waals surface area contributed by atoms with Crippen molar-refractivity contribution in [3.8, 4) is 0 Å². The summed E-state index contributed by atoms with van der Waals surface area (Å²) < 4.78 is 0. The first-order valence-corrected chi connectivity index (χ1v) is 7.28. The van der Waals surface area contributed by atoms with Gasteiger partial charge in [0.2, 0.25) is 0 Å². The first kappa shape index (κ1) is 13.6. The van der Waals surface area contributed by atoms with Crippen LogP contribution in [0.25, 0.3) is 0 Å². The maximum Gasteiger partial charge on any atom is 0.0345 e. The Kier molecular flexibility index (Phi) is 5.21. The minimum Gasteiger partial charge on any atom is -0.319 e. The molecular weight excluding hydrogens is 220 g/mol. The highest BCUT2D eigenvalue weighted by Crippen LogP contribution is 2.28. The van der Waals surface area contributed by atoms with Crippen LogP contribution >= 0.6 is 0 Å². The maximum atomic E-state index is 3.31. The molecule has 0 aliphatic carbocycles. The first-order chi connectivity index (χ1) is 8.85. The van der Waals surface area contributed by atoms with Gasteiger partial charge in [0.1, 0.15) is 0 Å². The number of nitrogens with zero attached hydrogens (tertiary/aromatic N) is 1. The smallest absolute Gasteiger partial charge is 0.0345 e. The van der Waals surface area contributed by atoms with Crippen molar-refractivity contribution in [1.82, 2.24) is 10.2 Å². The molecule has 1 saturated heterocycles. The molecule has 18 heavy (non-hydrogen) atoms. The molecule has 1 aromatic rings. The van der Waals surface area contributed by atoms with E-state index in [9.17, 15) is 0 Å². The lowest BCUT2D eigenvalue weighted by molar-refractivity contribution is 0.129. The van der Waals surface area contributed by atoms with Gasteiger partial charge in [0.25, 0.3) is 0 Å². The number of rotatable bonds is 5. The van der Waals surface area contributed by atoms with E-state index in [0.29, 0.717) is 6.04 Å². The lowest BCUT2D eigenvalue weighted by atomic mass is 9.93. The van der Waals surface area contributed by atoms with E-state index in [4.69, 9.17) is 0 Å². The quantitative estimate of drug-likeness (QED) is 0.859. The number of nitrogens with one attached hydrogen (secondary N) is 1. The van der Waals surface area contributed by atoms with Crippen LogP contribution in [0.3, 0.4) is 0 Å². The molecular formula is C16H26N2. The fraction of sp³-hybridized carbons (Fsp3) is 0.625. The zero-order chi connectivity index (χ0) is 12.8. The van der Waals surface area contributed by atoms with Crippen LogP contribution in [0.2, 0.25) is 0 Å². The van der Waals surface area contributed by atoms with Gasteiger partial charge in [-0.1, -0.05) is 37.3 Å². The van der Waals surface area contributed by atoms with Crippen molar-refractivity contribution in [1.29, 1.82) is 0 Å². The molecule has 2 nitrogen and oxygen atoms in total. The number of likely N-dealkylation sites (tertiary alicyclic amines) is 1. The monoisotopic (exact) mass is 246 g/mol. The molecule has 0 aromatic heterocycles. The first-order valence-electron chi connectivity index (χ1n) is 7.28. The number of benzene rings is 1. The summed E-state index contributed by atoms with van der Waals surface area (Å²) in [6.07, 6.45) is 3.88. The van der Waals surface area contributed by atoms with Gasteiger partial charge in [-0.05, 0) is 57.4 Å². The van der Waals surface area contributed by atoms with Gasteiger partial charge in [-0.25, -0.2) is 0 Å². The van der Waals surface area contributed by atoms with E-state index in [1.165, 1.54) is 44.5 Å². The van der Waals surface area contributed by atoms with Gasteiger partial charge in [0.05, 0.1) is 0 Å². The van der Waals surface area contributed by atoms with Gasteiger partial charge < -0.3 is 5.32 Å². The molecule has 1 fully saturated rings. The van der Waals surface area contributed by atoms with Crippen molar-refractivity contribution in [3.63, 3.8) is 0 Å². The molecule has 1 heterocycles. The van der Waals surface area contributed by atoms with Crippen LogP contribution in [0.4, 0.5) is 0 Å². The van der Waals surface area contributed by atoms with Gasteiger partial charge in [0, 0.05) is 6.04 Å². The Bertz CT molecular complexity index is 328. The molecule has 0 amide bonds. The van der Waals surface area contributed by atoms with Gasteiger partial charge in [0.15, 0.2) is 0 Å². The Morgan fingerprint density at radius 3 is 2.44 bits per heavy atom. The fourth-order valence-electron chi connectivity index (χ4n) is 3.14. The van der Waals surface area contributed by atoms with Crippen molar-refractivity contribution in [3.05, 3.63) is 35.9 Å². The summed E-state index contributed by atoms with van der Waals surface area (Å²) in [5, 5.41) is 3.31. The number of piperidine rings is 1. The molecule has 1 unspecified atom stereocenters. The second-order valence-electron chi connectivity index (χ2n) is 5.37. The Hall–Kier alpha value is -0.860. The Morgan fingerprint density at radius 1 is 1.22 bits per heavy atom. The van der Waals surface area contributed by atoms with E-state index in [-0.39, 0.29) is 0 Å². The molecule has 0 radical (unpaired) electrons. The highest BCUT2D eigenvalue weighted by atomic mass is 15.2. The zero-order valence-electron chi connectivity index (χ0n) is 11.7.